The maximum absolute atomic E-state index is 14.3. The molecule has 3 heterocycles. The zero-order valence-electron chi connectivity index (χ0n) is 14.7. The van der Waals surface area contributed by atoms with Gasteiger partial charge >= 0.3 is 5.69 Å². The number of fused-ring (bicyclic) bond motifs is 1. The number of benzene rings is 1. The largest absolute Gasteiger partial charge is 0.332 e. The lowest BCUT2D eigenvalue weighted by atomic mass is 10.2. The Hall–Kier alpha value is -3.13. The van der Waals surface area contributed by atoms with Crippen molar-refractivity contribution in [1.29, 1.82) is 0 Å². The summed E-state index contributed by atoms with van der Waals surface area (Å²) in [5, 5.41) is 0. The van der Waals surface area contributed by atoms with Gasteiger partial charge in [0.2, 0.25) is 0 Å². The summed E-state index contributed by atoms with van der Waals surface area (Å²) in [6, 6.07) is 11.6. The van der Waals surface area contributed by atoms with Crippen molar-refractivity contribution >= 4 is 21.7 Å². The topological polar surface area (TPSA) is 69.8 Å². The van der Waals surface area contributed by atoms with Gasteiger partial charge in [-0.15, -0.1) is 0 Å². The van der Waals surface area contributed by atoms with Crippen LogP contribution in [0.2, 0.25) is 0 Å². The van der Waals surface area contributed by atoms with E-state index >= 15 is 0 Å². The second kappa shape index (κ2) is 6.49. The lowest BCUT2D eigenvalue weighted by molar-refractivity contribution is 0.576. The average molecular weight is 394 g/mol. The molecule has 1 fully saturated rings. The zero-order chi connectivity index (χ0) is 19.3. The Labute approximate surface area is 162 Å². The van der Waals surface area contributed by atoms with Gasteiger partial charge in [0.15, 0.2) is 0 Å². The number of nitrogens with zero attached hydrogens (tertiary/aromatic N) is 4. The molecule has 0 atom stereocenters. The first-order valence-electron chi connectivity index (χ1n) is 8.94. The van der Waals surface area contributed by atoms with E-state index in [9.17, 15) is 14.0 Å². The molecule has 0 aliphatic heterocycles. The number of rotatable bonds is 4. The molecule has 1 aromatic carbocycles. The first-order chi connectivity index (χ1) is 13.6. The summed E-state index contributed by atoms with van der Waals surface area (Å²) in [5.41, 5.74) is 1.07. The third kappa shape index (κ3) is 2.68. The number of hydrogen-bond acceptors (Lipinski definition) is 5. The van der Waals surface area contributed by atoms with Crippen molar-refractivity contribution in [1.82, 2.24) is 18.5 Å². The molecule has 0 unspecified atom stereocenters. The van der Waals surface area contributed by atoms with Gasteiger partial charge in [0.1, 0.15) is 16.2 Å². The molecule has 8 heteroatoms. The van der Waals surface area contributed by atoms with Crippen molar-refractivity contribution in [3.8, 4) is 11.4 Å². The van der Waals surface area contributed by atoms with Crippen molar-refractivity contribution in [3.05, 3.63) is 80.9 Å². The van der Waals surface area contributed by atoms with Crippen molar-refractivity contribution in [2.45, 2.75) is 25.4 Å². The maximum Gasteiger partial charge on any atom is 0.332 e. The van der Waals surface area contributed by atoms with Gasteiger partial charge < -0.3 is 0 Å². The predicted molar refractivity (Wildman–Crippen MR) is 105 cm³/mol. The van der Waals surface area contributed by atoms with E-state index in [0.717, 1.165) is 24.4 Å². The van der Waals surface area contributed by atoms with Crippen molar-refractivity contribution in [2.75, 3.05) is 0 Å². The van der Waals surface area contributed by atoms with Gasteiger partial charge in [-0.05, 0) is 42.6 Å². The van der Waals surface area contributed by atoms with Gasteiger partial charge in [-0.25, -0.2) is 9.18 Å². The van der Waals surface area contributed by atoms with Gasteiger partial charge in [-0.1, -0.05) is 24.3 Å². The Morgan fingerprint density at radius 3 is 2.61 bits per heavy atom. The SMILES string of the molecule is O=c1c2snc(-c3ccccn3)c2n(Cc2ccccc2F)c(=O)n1C1CC1. The van der Waals surface area contributed by atoms with E-state index in [2.05, 4.69) is 9.36 Å². The monoisotopic (exact) mass is 394 g/mol. The molecular formula is C20H15FN4O2S. The summed E-state index contributed by atoms with van der Waals surface area (Å²) in [5.74, 6) is -0.394. The summed E-state index contributed by atoms with van der Waals surface area (Å²) >= 11 is 1.06. The van der Waals surface area contributed by atoms with Gasteiger partial charge in [0.05, 0.1) is 17.8 Å². The third-order valence-electron chi connectivity index (χ3n) is 4.89. The molecule has 0 radical (unpaired) electrons. The van der Waals surface area contributed by atoms with E-state index in [1.807, 2.05) is 6.07 Å². The highest BCUT2D eigenvalue weighted by Gasteiger charge is 2.30. The first-order valence-corrected chi connectivity index (χ1v) is 9.72. The fourth-order valence-electron chi connectivity index (χ4n) is 3.37. The third-order valence-corrected chi connectivity index (χ3v) is 5.72. The van der Waals surface area contributed by atoms with Crippen LogP contribution in [-0.2, 0) is 6.54 Å². The normalized spacial score (nSPS) is 13.9. The Kier molecular flexibility index (Phi) is 3.94. The van der Waals surface area contributed by atoms with Crippen LogP contribution in [-0.4, -0.2) is 18.5 Å². The number of hydrogen-bond donors (Lipinski definition) is 0. The molecule has 3 aromatic heterocycles. The zero-order valence-corrected chi connectivity index (χ0v) is 15.5. The van der Waals surface area contributed by atoms with E-state index in [1.54, 1.807) is 36.5 Å². The van der Waals surface area contributed by atoms with Crippen LogP contribution in [0, 0.1) is 5.82 Å². The van der Waals surface area contributed by atoms with E-state index in [0.29, 0.717) is 27.2 Å². The summed E-state index contributed by atoms with van der Waals surface area (Å²) in [4.78, 5) is 30.5. The minimum absolute atomic E-state index is 0.0211. The number of aromatic nitrogens is 4. The van der Waals surface area contributed by atoms with Crippen LogP contribution < -0.4 is 11.2 Å². The lowest BCUT2D eigenvalue weighted by Gasteiger charge is -2.13. The molecule has 0 amide bonds. The van der Waals surface area contributed by atoms with Crippen LogP contribution in [0.15, 0.2) is 58.3 Å². The van der Waals surface area contributed by atoms with Crippen LogP contribution in [0.4, 0.5) is 4.39 Å². The lowest BCUT2D eigenvalue weighted by Crippen LogP contribution is -2.39. The van der Waals surface area contributed by atoms with Crippen LogP contribution in [0.3, 0.4) is 0 Å². The fraction of sp³-hybridized carbons (Fsp3) is 0.200. The molecule has 0 N–H and O–H groups in total. The first kappa shape index (κ1) is 17.0. The van der Waals surface area contributed by atoms with Crippen molar-refractivity contribution in [3.63, 3.8) is 0 Å². The molecule has 28 heavy (non-hydrogen) atoms. The molecule has 0 saturated heterocycles. The van der Waals surface area contributed by atoms with Crippen LogP contribution in [0.1, 0.15) is 24.4 Å². The summed E-state index contributed by atoms with van der Waals surface area (Å²) in [6.07, 6.45) is 3.23. The maximum atomic E-state index is 14.3. The van der Waals surface area contributed by atoms with Crippen LogP contribution in [0.25, 0.3) is 21.6 Å². The molecule has 5 rings (SSSR count). The summed E-state index contributed by atoms with van der Waals surface area (Å²) < 4.78 is 21.9. The van der Waals surface area contributed by atoms with E-state index < -0.39 is 11.5 Å². The molecule has 0 bridgehead atoms. The van der Waals surface area contributed by atoms with Crippen LogP contribution >= 0.6 is 11.5 Å². The number of pyridine rings is 1. The van der Waals surface area contributed by atoms with E-state index in [-0.39, 0.29) is 18.1 Å². The standard InChI is InChI=1S/C20H15FN4O2S/c21-14-6-2-1-5-12(14)11-24-17-16(15-7-3-4-10-22-15)23-28-18(17)19(26)25(20(24)27)13-8-9-13/h1-7,10,13H,8-9,11H2. The summed E-state index contributed by atoms with van der Waals surface area (Å²) in [6.45, 7) is 0.0211. The smallest absolute Gasteiger partial charge is 0.285 e. The highest BCUT2D eigenvalue weighted by atomic mass is 32.1. The van der Waals surface area contributed by atoms with E-state index in [4.69, 9.17) is 0 Å². The average Bonchev–Trinajstić information content (AvgIpc) is 3.44. The van der Waals surface area contributed by atoms with Crippen LogP contribution in [0.5, 0.6) is 0 Å². The molecule has 1 aliphatic carbocycles. The van der Waals surface area contributed by atoms with Gasteiger partial charge in [0.25, 0.3) is 5.56 Å². The Morgan fingerprint density at radius 2 is 1.89 bits per heavy atom. The predicted octanol–water partition coefficient (Wildman–Crippen LogP) is 3.20. The Balaban J connectivity index is 1.83. The molecule has 140 valence electrons. The second-order valence-corrected chi connectivity index (χ2v) is 7.56. The molecule has 0 spiro atoms. The minimum Gasteiger partial charge on any atom is -0.285 e. The molecule has 6 nitrogen and oxygen atoms in total. The van der Waals surface area contributed by atoms with Gasteiger partial charge in [-0.3, -0.25) is 18.9 Å². The summed E-state index contributed by atoms with van der Waals surface area (Å²) in [7, 11) is 0. The number of halogens is 1. The molecule has 4 aromatic rings. The quantitative estimate of drug-likeness (QED) is 0.533. The molecular weight excluding hydrogens is 379 g/mol. The second-order valence-electron chi connectivity index (χ2n) is 6.79. The van der Waals surface area contributed by atoms with E-state index in [1.165, 1.54) is 15.2 Å². The molecule has 1 saturated carbocycles. The Morgan fingerprint density at radius 1 is 1.11 bits per heavy atom. The van der Waals surface area contributed by atoms with Gasteiger partial charge in [-0.2, -0.15) is 4.37 Å². The van der Waals surface area contributed by atoms with Crippen molar-refractivity contribution in [2.24, 2.45) is 0 Å². The van der Waals surface area contributed by atoms with Crippen molar-refractivity contribution < 1.29 is 4.39 Å². The fourth-order valence-corrected chi connectivity index (χ4v) is 4.20. The highest BCUT2D eigenvalue weighted by Crippen LogP contribution is 2.34. The minimum atomic E-state index is -0.430. The van der Waals surface area contributed by atoms with Gasteiger partial charge in [0, 0.05) is 17.8 Å². The Bertz CT molecular complexity index is 1310. The molecule has 1 aliphatic rings. The highest BCUT2D eigenvalue weighted by molar-refractivity contribution is 7.13.